The van der Waals surface area contributed by atoms with Crippen molar-refractivity contribution in [2.45, 2.75) is 71.1 Å². The van der Waals surface area contributed by atoms with E-state index in [2.05, 4.69) is 159 Å². The van der Waals surface area contributed by atoms with Gasteiger partial charge in [-0.25, -0.2) is 8.42 Å². The van der Waals surface area contributed by atoms with Crippen LogP contribution in [0.25, 0.3) is 21.5 Å². The Kier molecular flexibility index (Phi) is 9.83. The molecule has 0 unspecified atom stereocenters. The molecule has 0 aliphatic carbocycles. The second-order valence-electron chi connectivity index (χ2n) is 14.3. The summed E-state index contributed by atoms with van der Waals surface area (Å²) in [6.07, 6.45) is 18.2. The van der Waals surface area contributed by atoms with Crippen molar-refractivity contribution in [2.75, 3.05) is 23.7 Å². The van der Waals surface area contributed by atoms with E-state index in [4.69, 9.17) is 0 Å². The number of rotatable bonds is 12. The minimum atomic E-state index is -4.22. The highest BCUT2D eigenvalue weighted by Crippen LogP contribution is 2.51. The Bertz CT molecular complexity index is 2150. The second-order valence-corrected chi connectivity index (χ2v) is 15.8. The number of allylic oxidation sites excluding steroid dienone is 8. The van der Waals surface area contributed by atoms with Gasteiger partial charge in [0.05, 0.1) is 15.5 Å². The van der Waals surface area contributed by atoms with Gasteiger partial charge in [0.15, 0.2) is 5.71 Å². The first-order valence-corrected chi connectivity index (χ1v) is 19.2. The van der Waals surface area contributed by atoms with E-state index in [9.17, 15) is 13.0 Å². The number of hydrogen-bond acceptors (Lipinski definition) is 4. The summed E-state index contributed by atoms with van der Waals surface area (Å²) in [4.78, 5) is 2.51. The summed E-state index contributed by atoms with van der Waals surface area (Å²) in [5.41, 5.74) is 7.24. The van der Waals surface area contributed by atoms with Gasteiger partial charge in [-0.3, -0.25) is 0 Å². The van der Waals surface area contributed by atoms with E-state index in [1.807, 2.05) is 0 Å². The average Bonchev–Trinajstić information content (AvgIpc) is 3.43. The smallest absolute Gasteiger partial charge is 0.210 e. The summed E-state index contributed by atoms with van der Waals surface area (Å²) < 4.78 is 36.0. The lowest BCUT2D eigenvalue weighted by Gasteiger charge is -2.27. The molecule has 0 spiro atoms. The molecule has 0 radical (unpaired) electrons. The van der Waals surface area contributed by atoms with Crippen LogP contribution in [-0.4, -0.2) is 42.1 Å². The van der Waals surface area contributed by atoms with Crippen molar-refractivity contribution in [3.05, 3.63) is 132 Å². The quantitative estimate of drug-likeness (QED) is 0.0651. The number of unbranched alkanes of at least 4 members (excludes halogenated alkanes) is 2. The van der Waals surface area contributed by atoms with Gasteiger partial charge in [-0.05, 0) is 72.0 Å². The Morgan fingerprint density at radius 3 is 2.06 bits per heavy atom. The van der Waals surface area contributed by atoms with Crippen LogP contribution < -0.4 is 4.90 Å². The third-order valence-corrected chi connectivity index (χ3v) is 11.0. The van der Waals surface area contributed by atoms with Gasteiger partial charge in [-0.2, -0.15) is 4.58 Å². The summed E-state index contributed by atoms with van der Waals surface area (Å²) in [5, 5.41) is 5.04. The average molecular weight is 673 g/mol. The Morgan fingerprint density at radius 1 is 0.735 bits per heavy atom. The van der Waals surface area contributed by atoms with Crippen molar-refractivity contribution in [2.24, 2.45) is 0 Å². The maximum absolute atomic E-state index is 11.2. The number of anilines is 1. The highest BCUT2D eigenvalue weighted by Gasteiger charge is 2.45. The monoisotopic (exact) mass is 672 g/mol. The Hall–Kier alpha value is -4.26. The van der Waals surface area contributed by atoms with Gasteiger partial charge >= 0.3 is 0 Å². The normalized spacial score (nSPS) is 17.9. The molecule has 0 N–H and O–H groups in total. The predicted molar refractivity (Wildman–Crippen MR) is 205 cm³/mol. The fourth-order valence-corrected chi connectivity index (χ4v) is 8.46. The van der Waals surface area contributed by atoms with E-state index in [0.29, 0.717) is 19.4 Å². The molecule has 0 fully saturated rings. The van der Waals surface area contributed by atoms with Crippen molar-refractivity contribution in [3.63, 3.8) is 0 Å². The molecule has 6 rings (SSSR count). The molecule has 0 amide bonds. The maximum Gasteiger partial charge on any atom is 0.210 e. The van der Waals surface area contributed by atoms with Crippen LogP contribution in [0.5, 0.6) is 0 Å². The third kappa shape index (κ3) is 6.82. The van der Waals surface area contributed by atoms with Crippen molar-refractivity contribution >= 4 is 48.7 Å². The molecule has 0 atom stereocenters. The minimum Gasteiger partial charge on any atom is -0.748 e. The molecule has 254 valence electrons. The molecule has 0 bridgehead atoms. The van der Waals surface area contributed by atoms with Crippen LogP contribution in [0, 0.1) is 0 Å². The standard InChI is InChI=1S/C43H48N2O3S/c1-6-7-29-44-36-27-25-32-19-13-15-21-34(32)40(36)42(2,3)38(44)23-11-9-8-10-12-24-39-43(4,5)41-35-22-16-14-20-33(35)26-28-37(41)45(39)30-17-18-31-49(46,47)48/h8-16,19-28H,6-7,17-18,29-31H2,1-5H3. The van der Waals surface area contributed by atoms with E-state index in [1.165, 1.54) is 44.1 Å². The second kappa shape index (κ2) is 13.9. The first-order chi connectivity index (χ1) is 23.4. The van der Waals surface area contributed by atoms with E-state index in [-0.39, 0.29) is 16.6 Å². The lowest BCUT2D eigenvalue weighted by molar-refractivity contribution is -0.438. The zero-order valence-electron chi connectivity index (χ0n) is 29.4. The first kappa shape index (κ1) is 34.6. The molecular weight excluding hydrogens is 625 g/mol. The Balaban J connectivity index is 1.26. The molecule has 6 heteroatoms. The molecule has 2 aliphatic heterocycles. The van der Waals surface area contributed by atoms with Crippen molar-refractivity contribution in [3.8, 4) is 0 Å². The summed E-state index contributed by atoms with van der Waals surface area (Å²) in [6, 6.07) is 26.0. The fraction of sp³-hybridized carbons (Fsp3) is 0.326. The number of benzene rings is 4. The highest BCUT2D eigenvalue weighted by molar-refractivity contribution is 7.85. The molecule has 0 saturated heterocycles. The van der Waals surface area contributed by atoms with Crippen LogP contribution >= 0.6 is 0 Å². The molecule has 0 saturated carbocycles. The van der Waals surface area contributed by atoms with Crippen molar-refractivity contribution in [1.29, 1.82) is 0 Å². The summed E-state index contributed by atoms with van der Waals surface area (Å²) in [7, 11) is -4.22. The topological polar surface area (TPSA) is 63.5 Å². The Morgan fingerprint density at radius 2 is 1.37 bits per heavy atom. The molecule has 4 aromatic carbocycles. The molecular formula is C43H48N2O3S. The van der Waals surface area contributed by atoms with Gasteiger partial charge in [0.1, 0.15) is 6.54 Å². The van der Waals surface area contributed by atoms with Gasteiger partial charge in [-0.15, -0.1) is 0 Å². The molecule has 5 nitrogen and oxygen atoms in total. The minimum absolute atomic E-state index is 0.122. The van der Waals surface area contributed by atoms with Crippen LogP contribution in [-0.2, 0) is 20.9 Å². The van der Waals surface area contributed by atoms with Gasteiger partial charge < -0.3 is 9.45 Å². The molecule has 0 aromatic heterocycles. The van der Waals surface area contributed by atoms with E-state index >= 15 is 0 Å². The largest absolute Gasteiger partial charge is 0.748 e. The van der Waals surface area contributed by atoms with Gasteiger partial charge in [0.2, 0.25) is 5.69 Å². The van der Waals surface area contributed by atoms with Crippen LogP contribution in [0.1, 0.15) is 71.4 Å². The molecule has 49 heavy (non-hydrogen) atoms. The van der Waals surface area contributed by atoms with Gasteiger partial charge in [0.25, 0.3) is 0 Å². The van der Waals surface area contributed by atoms with Gasteiger partial charge in [0, 0.05) is 53.2 Å². The zero-order valence-corrected chi connectivity index (χ0v) is 30.3. The number of fused-ring (bicyclic) bond motifs is 6. The predicted octanol–water partition coefficient (Wildman–Crippen LogP) is 9.84. The summed E-state index contributed by atoms with van der Waals surface area (Å²) in [6.45, 7) is 13.1. The Labute approximate surface area is 292 Å². The number of hydrogen-bond donors (Lipinski definition) is 0. The van der Waals surface area contributed by atoms with Crippen LogP contribution in [0.2, 0.25) is 0 Å². The highest BCUT2D eigenvalue weighted by atomic mass is 32.2. The number of nitrogens with zero attached hydrogens (tertiary/aromatic N) is 2. The third-order valence-electron chi connectivity index (χ3n) is 10.2. The maximum atomic E-state index is 11.2. The summed E-state index contributed by atoms with van der Waals surface area (Å²) >= 11 is 0. The molecule has 2 heterocycles. The van der Waals surface area contributed by atoms with E-state index < -0.39 is 10.1 Å². The fourth-order valence-electron chi connectivity index (χ4n) is 7.90. The van der Waals surface area contributed by atoms with Gasteiger partial charge in [-0.1, -0.05) is 112 Å². The lowest BCUT2D eigenvalue weighted by atomic mass is 9.79. The van der Waals surface area contributed by atoms with Crippen molar-refractivity contribution in [1.82, 2.24) is 0 Å². The van der Waals surface area contributed by atoms with Crippen LogP contribution in [0.15, 0.2) is 121 Å². The first-order valence-electron chi connectivity index (χ1n) is 17.6. The zero-order chi connectivity index (χ0) is 34.8. The lowest BCUT2D eigenvalue weighted by Crippen LogP contribution is -2.28. The van der Waals surface area contributed by atoms with E-state index in [1.54, 1.807) is 0 Å². The van der Waals surface area contributed by atoms with E-state index in [0.717, 1.165) is 30.8 Å². The van der Waals surface area contributed by atoms with Crippen LogP contribution in [0.3, 0.4) is 0 Å². The molecule has 2 aliphatic rings. The summed E-state index contributed by atoms with van der Waals surface area (Å²) in [5.74, 6) is -0.332. The SMILES string of the molecule is CCCCN1/C(=C/C=C/C=C/C=C/C2=[N+](CCCCS(=O)(=O)[O-])c3ccc4ccccc4c3C2(C)C)C(C)(C)c2c1ccc1ccccc21. The van der Waals surface area contributed by atoms with Crippen molar-refractivity contribution < 1.29 is 17.5 Å². The molecule has 4 aromatic rings. The van der Waals surface area contributed by atoms with Crippen LogP contribution in [0.4, 0.5) is 11.4 Å².